The highest BCUT2D eigenvalue weighted by Gasteiger charge is 2.11. The van der Waals surface area contributed by atoms with Gasteiger partial charge in [-0.1, -0.05) is 18.2 Å². The van der Waals surface area contributed by atoms with Crippen molar-refractivity contribution in [2.75, 3.05) is 24.7 Å². The molecule has 0 saturated carbocycles. The van der Waals surface area contributed by atoms with Crippen molar-refractivity contribution in [2.45, 2.75) is 13.8 Å². The highest BCUT2D eigenvalue weighted by Crippen LogP contribution is 2.23. The largest absolute Gasteiger partial charge is 0.463 e. The number of aromatic nitrogens is 1. The van der Waals surface area contributed by atoms with Crippen LogP contribution in [-0.4, -0.2) is 31.7 Å². The molecule has 0 atom stereocenters. The Balaban J connectivity index is 1.35. The number of nitrogens with zero attached hydrogens (tertiary/aromatic N) is 2. The summed E-state index contributed by atoms with van der Waals surface area (Å²) in [6, 6.07) is 20.2. The van der Waals surface area contributed by atoms with Crippen LogP contribution in [0.4, 0.5) is 5.69 Å². The minimum Gasteiger partial charge on any atom is -0.463 e. The number of hydrogen-bond donors (Lipinski definition) is 0. The molecule has 0 fully saturated rings. The van der Waals surface area contributed by atoms with Gasteiger partial charge in [-0.2, -0.15) is 4.57 Å². The van der Waals surface area contributed by atoms with Crippen molar-refractivity contribution in [3.63, 3.8) is 0 Å². The van der Waals surface area contributed by atoms with Crippen LogP contribution in [0.3, 0.4) is 0 Å². The van der Waals surface area contributed by atoms with Crippen molar-refractivity contribution < 1.29 is 23.6 Å². The molecule has 0 aliphatic carbocycles. The second-order valence-corrected chi connectivity index (χ2v) is 8.48. The number of rotatable bonds is 9. The summed E-state index contributed by atoms with van der Waals surface area (Å²) in [4.78, 5) is 25.1. The lowest BCUT2D eigenvalue weighted by molar-refractivity contribution is -0.595. The van der Waals surface area contributed by atoms with Crippen LogP contribution in [0.5, 0.6) is 0 Å². The van der Waals surface area contributed by atoms with Crippen LogP contribution in [0.15, 0.2) is 104 Å². The predicted molar refractivity (Wildman–Crippen MR) is 150 cm³/mol. The molecule has 0 radical (unpaired) electrons. The van der Waals surface area contributed by atoms with E-state index in [1.807, 2.05) is 60.9 Å². The first kappa shape index (κ1) is 26.4. The average molecular weight is 508 g/mol. The van der Waals surface area contributed by atoms with Gasteiger partial charge in [-0.05, 0) is 78.6 Å². The molecule has 0 N–H and O–H groups in total. The Kier molecular flexibility index (Phi) is 9.03. The zero-order valence-corrected chi connectivity index (χ0v) is 21.6. The number of carbonyl (C=O) groups excluding carboxylic acids is 2. The molecule has 3 aromatic rings. The van der Waals surface area contributed by atoms with E-state index in [1.54, 1.807) is 26.0 Å². The average Bonchev–Trinajstić information content (AvgIpc) is 2.96. The van der Waals surface area contributed by atoms with Crippen LogP contribution in [0.25, 0.3) is 23.4 Å². The zero-order valence-electron chi connectivity index (χ0n) is 21.6. The highest BCUT2D eigenvalue weighted by atomic mass is 16.5. The number of pyridine rings is 1. The summed E-state index contributed by atoms with van der Waals surface area (Å²) in [5.41, 5.74) is 6.30. The lowest BCUT2D eigenvalue weighted by atomic mass is 10.0. The molecule has 6 heteroatoms. The van der Waals surface area contributed by atoms with Gasteiger partial charge in [-0.25, -0.2) is 9.59 Å². The predicted octanol–water partition coefficient (Wildman–Crippen LogP) is 5.53. The summed E-state index contributed by atoms with van der Waals surface area (Å²) in [6.45, 7) is 5.08. The number of benzene rings is 2. The maximum atomic E-state index is 11.5. The van der Waals surface area contributed by atoms with Crippen LogP contribution in [0, 0.1) is 0 Å². The standard InChI is InChI=1S/C32H31N2O4/c1-3-37-31(35)15-9-25-5-11-29(12-6-25)33-21-17-27(18-22-33)28-19-23-34(24-20-28)30-13-7-26(8-14-30)10-16-32(36)38-4-2/h5-23H,3-4,24H2,1-2H3/q+1/b15-9+,16-10+. The van der Waals surface area contributed by atoms with E-state index in [4.69, 9.17) is 9.47 Å². The topological polar surface area (TPSA) is 59.7 Å². The van der Waals surface area contributed by atoms with E-state index < -0.39 is 0 Å². The van der Waals surface area contributed by atoms with Crippen LogP contribution >= 0.6 is 0 Å². The van der Waals surface area contributed by atoms with Gasteiger partial charge in [-0.3, -0.25) is 0 Å². The second kappa shape index (κ2) is 13.0. The van der Waals surface area contributed by atoms with E-state index in [1.165, 1.54) is 17.7 Å². The number of anilines is 1. The number of allylic oxidation sites excluding steroid dienone is 2. The first-order chi connectivity index (χ1) is 18.6. The Hall–Kier alpha value is -4.71. The fourth-order valence-corrected chi connectivity index (χ4v) is 3.94. The van der Waals surface area contributed by atoms with Crippen molar-refractivity contribution in [3.05, 3.63) is 120 Å². The van der Waals surface area contributed by atoms with E-state index in [2.05, 4.69) is 40.0 Å². The summed E-state index contributed by atoms with van der Waals surface area (Å²) in [5, 5.41) is 0. The summed E-state index contributed by atoms with van der Waals surface area (Å²) in [5.74, 6) is -0.674. The summed E-state index contributed by atoms with van der Waals surface area (Å²) >= 11 is 0. The third-order valence-corrected chi connectivity index (χ3v) is 5.92. The number of esters is 2. The molecule has 6 nitrogen and oxygen atoms in total. The molecular formula is C32H31N2O4+. The van der Waals surface area contributed by atoms with Crippen molar-refractivity contribution in [1.29, 1.82) is 0 Å². The Labute approximate surface area is 223 Å². The molecule has 0 saturated heterocycles. The van der Waals surface area contributed by atoms with Crippen LogP contribution in [0.1, 0.15) is 30.5 Å². The fourth-order valence-electron chi connectivity index (χ4n) is 3.94. The zero-order chi connectivity index (χ0) is 26.7. The number of ether oxygens (including phenoxy) is 2. The van der Waals surface area contributed by atoms with Gasteiger partial charge in [0.15, 0.2) is 12.4 Å². The van der Waals surface area contributed by atoms with Gasteiger partial charge in [0.25, 0.3) is 0 Å². The van der Waals surface area contributed by atoms with Crippen molar-refractivity contribution >= 4 is 35.4 Å². The molecule has 0 amide bonds. The smallest absolute Gasteiger partial charge is 0.330 e. The monoisotopic (exact) mass is 507 g/mol. The minimum absolute atomic E-state index is 0.335. The Morgan fingerprint density at radius 3 is 1.87 bits per heavy atom. The van der Waals surface area contributed by atoms with Crippen molar-refractivity contribution in [1.82, 2.24) is 0 Å². The van der Waals surface area contributed by atoms with E-state index in [9.17, 15) is 9.59 Å². The molecule has 4 rings (SSSR count). The maximum absolute atomic E-state index is 11.5. The first-order valence-electron chi connectivity index (χ1n) is 12.6. The van der Waals surface area contributed by atoms with Crippen molar-refractivity contribution in [2.24, 2.45) is 0 Å². The lowest BCUT2D eigenvalue weighted by Crippen LogP contribution is -2.29. The van der Waals surface area contributed by atoms with E-state index in [-0.39, 0.29) is 11.9 Å². The third kappa shape index (κ3) is 7.17. The number of carbonyl (C=O) groups is 2. The van der Waals surface area contributed by atoms with Gasteiger partial charge in [-0.15, -0.1) is 0 Å². The lowest BCUT2D eigenvalue weighted by Gasteiger charge is -2.23. The normalized spacial score (nSPS) is 13.1. The van der Waals surface area contributed by atoms with Gasteiger partial charge in [0.05, 0.1) is 13.2 Å². The SMILES string of the molecule is CCOC(=O)/C=C/c1ccc(N2C=CC(c3cc[n+](-c4ccc(/C=C/C(=O)OCC)cc4)cc3)=CC2)cc1. The van der Waals surface area contributed by atoms with Gasteiger partial charge in [0.2, 0.25) is 5.69 Å². The van der Waals surface area contributed by atoms with Crippen molar-refractivity contribution in [3.8, 4) is 5.69 Å². The molecular weight excluding hydrogens is 476 g/mol. The molecule has 2 heterocycles. The molecule has 0 bridgehead atoms. The van der Waals surface area contributed by atoms with E-state index in [0.717, 1.165) is 34.6 Å². The Bertz CT molecular complexity index is 1370. The fraction of sp³-hybridized carbons (Fsp3) is 0.156. The Morgan fingerprint density at radius 1 is 0.816 bits per heavy atom. The van der Waals surface area contributed by atoms with E-state index >= 15 is 0 Å². The molecule has 0 unspecified atom stereocenters. The Morgan fingerprint density at radius 2 is 1.37 bits per heavy atom. The van der Waals surface area contributed by atoms with Gasteiger partial charge in [0.1, 0.15) is 0 Å². The molecule has 0 spiro atoms. The van der Waals surface area contributed by atoms with E-state index in [0.29, 0.717) is 13.2 Å². The maximum Gasteiger partial charge on any atom is 0.330 e. The number of hydrogen-bond acceptors (Lipinski definition) is 5. The van der Waals surface area contributed by atoms with Crippen LogP contribution < -0.4 is 9.47 Å². The van der Waals surface area contributed by atoms with Gasteiger partial charge in [0, 0.05) is 54.8 Å². The summed E-state index contributed by atoms with van der Waals surface area (Å²) in [6.07, 6.45) is 16.9. The first-order valence-corrected chi connectivity index (χ1v) is 12.6. The highest BCUT2D eigenvalue weighted by molar-refractivity contribution is 5.87. The third-order valence-electron chi connectivity index (χ3n) is 5.92. The minimum atomic E-state index is -0.339. The summed E-state index contributed by atoms with van der Waals surface area (Å²) in [7, 11) is 0. The summed E-state index contributed by atoms with van der Waals surface area (Å²) < 4.78 is 11.9. The quantitative estimate of drug-likeness (QED) is 0.216. The molecule has 2 aromatic carbocycles. The van der Waals surface area contributed by atoms with Gasteiger partial charge < -0.3 is 14.4 Å². The van der Waals surface area contributed by atoms with Crippen LogP contribution in [0.2, 0.25) is 0 Å². The molecule has 1 aliphatic rings. The van der Waals surface area contributed by atoms with Gasteiger partial charge >= 0.3 is 11.9 Å². The molecule has 38 heavy (non-hydrogen) atoms. The second-order valence-electron chi connectivity index (χ2n) is 8.48. The molecule has 1 aromatic heterocycles. The molecule has 192 valence electrons. The van der Waals surface area contributed by atoms with Crippen LogP contribution in [-0.2, 0) is 19.1 Å². The molecule has 1 aliphatic heterocycles.